The summed E-state index contributed by atoms with van der Waals surface area (Å²) < 4.78 is 11.0. The van der Waals surface area contributed by atoms with Gasteiger partial charge in [-0.2, -0.15) is 0 Å². The lowest BCUT2D eigenvalue weighted by Crippen LogP contribution is -2.40. The van der Waals surface area contributed by atoms with Gasteiger partial charge in [-0.1, -0.05) is 23.7 Å². The quantitative estimate of drug-likeness (QED) is 0.763. The average molecular weight is 377 g/mol. The first-order chi connectivity index (χ1) is 12.3. The molecule has 0 atom stereocenters. The molecule has 0 aliphatic heterocycles. The first kappa shape index (κ1) is 18.8. The SMILES string of the molecule is CC(C)(C)OC(=O)N[C@H]1CC[C@H](c2nc(-c3ccc(Cl)cc3)co2)CC1. The lowest BCUT2D eigenvalue weighted by Gasteiger charge is -2.28. The molecule has 0 saturated heterocycles. The van der Waals surface area contributed by atoms with E-state index in [0.29, 0.717) is 5.02 Å². The van der Waals surface area contributed by atoms with Crippen LogP contribution in [0.15, 0.2) is 34.9 Å². The van der Waals surface area contributed by atoms with Crippen molar-refractivity contribution in [3.63, 3.8) is 0 Å². The van der Waals surface area contributed by atoms with Crippen molar-refractivity contribution in [1.29, 1.82) is 0 Å². The van der Waals surface area contributed by atoms with E-state index in [2.05, 4.69) is 10.3 Å². The van der Waals surface area contributed by atoms with Gasteiger partial charge in [0.25, 0.3) is 0 Å². The number of carbonyl (C=O) groups is 1. The van der Waals surface area contributed by atoms with E-state index >= 15 is 0 Å². The number of hydrogen-bond donors (Lipinski definition) is 1. The maximum Gasteiger partial charge on any atom is 0.407 e. The number of carbonyl (C=O) groups excluding carboxylic acids is 1. The normalized spacial score (nSPS) is 20.6. The molecule has 1 heterocycles. The minimum Gasteiger partial charge on any atom is -0.448 e. The molecule has 2 aromatic rings. The molecular weight excluding hydrogens is 352 g/mol. The van der Waals surface area contributed by atoms with E-state index in [9.17, 15) is 4.79 Å². The van der Waals surface area contributed by atoms with E-state index in [4.69, 9.17) is 20.8 Å². The maximum absolute atomic E-state index is 11.9. The number of rotatable bonds is 3. The fourth-order valence-electron chi connectivity index (χ4n) is 3.19. The van der Waals surface area contributed by atoms with Crippen LogP contribution in [0.4, 0.5) is 4.79 Å². The van der Waals surface area contributed by atoms with Crippen LogP contribution in [0.5, 0.6) is 0 Å². The summed E-state index contributed by atoms with van der Waals surface area (Å²) in [4.78, 5) is 16.5. The molecule has 0 bridgehead atoms. The Labute approximate surface area is 159 Å². The van der Waals surface area contributed by atoms with E-state index in [0.717, 1.165) is 42.8 Å². The van der Waals surface area contributed by atoms with Gasteiger partial charge in [0.1, 0.15) is 17.6 Å². The first-order valence-electron chi connectivity index (χ1n) is 9.01. The van der Waals surface area contributed by atoms with Gasteiger partial charge in [0.05, 0.1) is 0 Å². The molecule has 1 aromatic carbocycles. The van der Waals surface area contributed by atoms with Crippen LogP contribution in [-0.4, -0.2) is 22.7 Å². The zero-order valence-corrected chi connectivity index (χ0v) is 16.2. The zero-order chi connectivity index (χ0) is 18.7. The smallest absolute Gasteiger partial charge is 0.407 e. The van der Waals surface area contributed by atoms with Gasteiger partial charge in [-0.05, 0) is 58.6 Å². The molecule has 0 radical (unpaired) electrons. The second kappa shape index (κ2) is 7.70. The molecule has 5 nitrogen and oxygen atoms in total. The molecule has 1 aromatic heterocycles. The van der Waals surface area contributed by atoms with E-state index in [1.54, 1.807) is 6.26 Å². The van der Waals surface area contributed by atoms with E-state index in [1.165, 1.54) is 0 Å². The Hall–Kier alpha value is -2.01. The van der Waals surface area contributed by atoms with Gasteiger partial charge >= 0.3 is 6.09 Å². The van der Waals surface area contributed by atoms with Gasteiger partial charge in [0, 0.05) is 22.5 Å². The standard InChI is InChI=1S/C20H25ClN2O3/c1-20(2,3)26-19(24)22-16-10-6-14(7-11-16)18-23-17(12-25-18)13-4-8-15(21)9-5-13/h4-5,8-9,12,14,16H,6-7,10-11H2,1-3H3,(H,22,24)/t14-,16-. The summed E-state index contributed by atoms with van der Waals surface area (Å²) in [5.41, 5.74) is 1.34. The fraction of sp³-hybridized carbons (Fsp3) is 0.500. The lowest BCUT2D eigenvalue weighted by molar-refractivity contribution is 0.0490. The summed E-state index contributed by atoms with van der Waals surface area (Å²) in [6, 6.07) is 7.71. The van der Waals surface area contributed by atoms with Crippen LogP contribution in [0.25, 0.3) is 11.3 Å². The molecule has 0 spiro atoms. The van der Waals surface area contributed by atoms with Crippen LogP contribution in [-0.2, 0) is 4.74 Å². The van der Waals surface area contributed by atoms with Gasteiger partial charge < -0.3 is 14.5 Å². The first-order valence-corrected chi connectivity index (χ1v) is 9.39. The fourth-order valence-corrected chi connectivity index (χ4v) is 3.31. The number of oxazole rings is 1. The molecule has 0 unspecified atom stereocenters. The topological polar surface area (TPSA) is 64.4 Å². The monoisotopic (exact) mass is 376 g/mol. The number of benzene rings is 1. The Morgan fingerprint density at radius 2 is 1.85 bits per heavy atom. The van der Waals surface area contributed by atoms with Crippen molar-refractivity contribution >= 4 is 17.7 Å². The molecule has 26 heavy (non-hydrogen) atoms. The number of amides is 1. The van der Waals surface area contributed by atoms with E-state index < -0.39 is 5.60 Å². The number of hydrogen-bond acceptors (Lipinski definition) is 4. The van der Waals surface area contributed by atoms with Crippen LogP contribution in [0, 0.1) is 0 Å². The molecule has 140 valence electrons. The van der Waals surface area contributed by atoms with Gasteiger partial charge in [-0.15, -0.1) is 0 Å². The number of alkyl carbamates (subject to hydrolysis) is 1. The van der Waals surface area contributed by atoms with E-state index in [1.807, 2.05) is 45.0 Å². The third kappa shape index (κ3) is 5.01. The summed E-state index contributed by atoms with van der Waals surface area (Å²) in [6.07, 6.45) is 5.00. The molecule has 1 fully saturated rings. The van der Waals surface area contributed by atoms with Crippen molar-refractivity contribution in [1.82, 2.24) is 10.3 Å². The maximum atomic E-state index is 11.9. The molecule has 1 saturated carbocycles. The third-order valence-electron chi connectivity index (χ3n) is 4.46. The van der Waals surface area contributed by atoms with Crippen molar-refractivity contribution < 1.29 is 13.9 Å². The molecule has 1 aliphatic rings. The van der Waals surface area contributed by atoms with E-state index in [-0.39, 0.29) is 18.1 Å². The molecule has 1 N–H and O–H groups in total. The summed E-state index contributed by atoms with van der Waals surface area (Å²) in [7, 11) is 0. The number of nitrogens with one attached hydrogen (secondary N) is 1. The van der Waals surface area contributed by atoms with Crippen LogP contribution in [0.2, 0.25) is 5.02 Å². The summed E-state index contributed by atoms with van der Waals surface area (Å²) in [5, 5.41) is 3.66. The highest BCUT2D eigenvalue weighted by Gasteiger charge is 2.28. The van der Waals surface area contributed by atoms with Crippen molar-refractivity contribution in [2.75, 3.05) is 0 Å². The van der Waals surface area contributed by atoms with Crippen LogP contribution < -0.4 is 5.32 Å². The largest absolute Gasteiger partial charge is 0.448 e. The van der Waals surface area contributed by atoms with Crippen molar-refractivity contribution in [3.05, 3.63) is 41.4 Å². The summed E-state index contributed by atoms with van der Waals surface area (Å²) >= 11 is 5.93. The molecular formula is C20H25ClN2O3. The summed E-state index contributed by atoms with van der Waals surface area (Å²) in [5.74, 6) is 1.05. The third-order valence-corrected chi connectivity index (χ3v) is 4.71. The Balaban J connectivity index is 1.54. The van der Waals surface area contributed by atoms with Crippen LogP contribution in [0.3, 0.4) is 0 Å². The molecule has 1 aliphatic carbocycles. The van der Waals surface area contributed by atoms with Crippen molar-refractivity contribution in [2.45, 2.75) is 64.0 Å². The van der Waals surface area contributed by atoms with Crippen molar-refractivity contribution in [3.8, 4) is 11.3 Å². The van der Waals surface area contributed by atoms with Crippen molar-refractivity contribution in [2.24, 2.45) is 0 Å². The number of ether oxygens (including phenoxy) is 1. The van der Waals surface area contributed by atoms with Gasteiger partial charge in [-0.25, -0.2) is 9.78 Å². The highest BCUT2D eigenvalue weighted by molar-refractivity contribution is 6.30. The number of aromatic nitrogens is 1. The van der Waals surface area contributed by atoms with Gasteiger partial charge in [0.15, 0.2) is 5.89 Å². The minimum absolute atomic E-state index is 0.145. The average Bonchev–Trinajstić information content (AvgIpc) is 3.04. The number of halogens is 1. The second-order valence-electron chi connectivity index (χ2n) is 7.77. The second-order valence-corrected chi connectivity index (χ2v) is 8.21. The van der Waals surface area contributed by atoms with Gasteiger partial charge in [-0.3, -0.25) is 0 Å². The molecule has 3 rings (SSSR count). The predicted molar refractivity (Wildman–Crippen MR) is 101 cm³/mol. The minimum atomic E-state index is -0.475. The summed E-state index contributed by atoms with van der Waals surface area (Å²) in [6.45, 7) is 5.60. The highest BCUT2D eigenvalue weighted by Crippen LogP contribution is 2.34. The molecule has 1 amide bonds. The zero-order valence-electron chi connectivity index (χ0n) is 15.4. The Kier molecular flexibility index (Phi) is 5.56. The van der Waals surface area contributed by atoms with Crippen LogP contribution in [0.1, 0.15) is 58.3 Å². The lowest BCUT2D eigenvalue weighted by atomic mass is 9.86. The Morgan fingerprint density at radius 3 is 2.46 bits per heavy atom. The Bertz CT molecular complexity index is 741. The van der Waals surface area contributed by atoms with Crippen LogP contribution >= 0.6 is 11.6 Å². The molecule has 6 heteroatoms. The van der Waals surface area contributed by atoms with Gasteiger partial charge in [0.2, 0.25) is 0 Å². The number of nitrogens with zero attached hydrogens (tertiary/aromatic N) is 1. The highest BCUT2D eigenvalue weighted by atomic mass is 35.5. The predicted octanol–water partition coefficient (Wildman–Crippen LogP) is 5.55. The Morgan fingerprint density at radius 1 is 1.19 bits per heavy atom.